The van der Waals surface area contributed by atoms with Crippen molar-refractivity contribution < 1.29 is 0 Å². The Balaban J connectivity index is 3.21. The second kappa shape index (κ2) is 5.02. The molecule has 0 spiro atoms. The third-order valence-corrected chi connectivity index (χ3v) is 2.05. The first kappa shape index (κ1) is 11.1. The quantitative estimate of drug-likeness (QED) is 0.662. The van der Waals surface area contributed by atoms with Crippen LogP contribution < -0.4 is 0 Å². The van der Waals surface area contributed by atoms with Crippen molar-refractivity contribution in [1.29, 1.82) is 0 Å². The predicted molar refractivity (Wildman–Crippen MR) is 65.4 cm³/mol. The van der Waals surface area contributed by atoms with Crippen molar-refractivity contribution in [3.8, 4) is 0 Å². The molecule has 0 aliphatic heterocycles. The Kier molecular flexibility index (Phi) is 3.97. The lowest BCUT2D eigenvalue weighted by Crippen LogP contribution is -1.82. The van der Waals surface area contributed by atoms with Gasteiger partial charge in [0.25, 0.3) is 0 Å². The van der Waals surface area contributed by atoms with Gasteiger partial charge in [-0.15, -0.1) is 0 Å². The Morgan fingerprint density at radius 2 is 2.00 bits per heavy atom. The van der Waals surface area contributed by atoms with Crippen LogP contribution in [0, 0.1) is 6.92 Å². The van der Waals surface area contributed by atoms with Gasteiger partial charge in [-0.3, -0.25) is 0 Å². The number of benzene rings is 1. The topological polar surface area (TPSA) is 0 Å². The summed E-state index contributed by atoms with van der Waals surface area (Å²) in [6, 6.07) is 6.35. The highest BCUT2D eigenvalue weighted by atomic mass is 35.5. The molecule has 74 valence electrons. The van der Waals surface area contributed by atoms with Crippen molar-refractivity contribution in [3.63, 3.8) is 0 Å². The van der Waals surface area contributed by atoms with Gasteiger partial charge in [0.15, 0.2) is 0 Å². The van der Waals surface area contributed by atoms with Crippen molar-refractivity contribution in [2.75, 3.05) is 0 Å². The molecule has 0 amide bonds. The van der Waals surface area contributed by atoms with E-state index in [2.05, 4.69) is 31.2 Å². The van der Waals surface area contributed by atoms with E-state index in [1.165, 1.54) is 16.7 Å². The molecule has 0 unspecified atom stereocenters. The summed E-state index contributed by atoms with van der Waals surface area (Å²) < 4.78 is 0. The standard InChI is InChI=1S/C13H15Cl/c1-4-5-12-8-10(2)6-7-13(12)9-11(3)14/h4-9H,1-3H3/b5-4-,11-9+. The van der Waals surface area contributed by atoms with Crippen molar-refractivity contribution in [3.05, 3.63) is 46.0 Å². The molecule has 0 atom stereocenters. The molecule has 0 bridgehead atoms. The van der Waals surface area contributed by atoms with Crippen LogP contribution >= 0.6 is 11.6 Å². The van der Waals surface area contributed by atoms with E-state index in [1.54, 1.807) is 0 Å². The molecule has 14 heavy (non-hydrogen) atoms. The van der Waals surface area contributed by atoms with Gasteiger partial charge in [0.2, 0.25) is 0 Å². The van der Waals surface area contributed by atoms with Crippen LogP contribution in [0.15, 0.2) is 29.3 Å². The number of halogens is 1. The average Bonchev–Trinajstić information content (AvgIpc) is 2.09. The van der Waals surface area contributed by atoms with Gasteiger partial charge in [0, 0.05) is 5.03 Å². The fourth-order valence-electron chi connectivity index (χ4n) is 1.36. The molecule has 0 aliphatic carbocycles. The van der Waals surface area contributed by atoms with Gasteiger partial charge in [-0.1, -0.05) is 47.5 Å². The Morgan fingerprint density at radius 1 is 1.29 bits per heavy atom. The second-order valence-electron chi connectivity index (χ2n) is 3.36. The van der Waals surface area contributed by atoms with Gasteiger partial charge >= 0.3 is 0 Å². The minimum atomic E-state index is 0.805. The van der Waals surface area contributed by atoms with E-state index in [9.17, 15) is 0 Å². The summed E-state index contributed by atoms with van der Waals surface area (Å²) in [7, 11) is 0. The number of rotatable bonds is 2. The van der Waals surface area contributed by atoms with E-state index < -0.39 is 0 Å². The van der Waals surface area contributed by atoms with E-state index in [4.69, 9.17) is 11.6 Å². The maximum absolute atomic E-state index is 5.86. The van der Waals surface area contributed by atoms with Crippen LogP contribution in [-0.4, -0.2) is 0 Å². The number of allylic oxidation sites excluding steroid dienone is 2. The second-order valence-corrected chi connectivity index (χ2v) is 3.96. The Bertz CT molecular complexity index is 369. The maximum Gasteiger partial charge on any atom is 0.0156 e. The molecule has 0 nitrogen and oxygen atoms in total. The normalized spacial score (nSPS) is 12.4. The van der Waals surface area contributed by atoms with Crippen LogP contribution in [0.4, 0.5) is 0 Å². The Morgan fingerprint density at radius 3 is 2.57 bits per heavy atom. The highest BCUT2D eigenvalue weighted by Gasteiger charge is 1.96. The molecular weight excluding hydrogens is 192 g/mol. The first-order valence-electron chi connectivity index (χ1n) is 4.70. The van der Waals surface area contributed by atoms with Gasteiger partial charge in [0.05, 0.1) is 0 Å². The molecule has 0 N–H and O–H groups in total. The smallest absolute Gasteiger partial charge is 0.0156 e. The van der Waals surface area contributed by atoms with Crippen molar-refractivity contribution in [2.45, 2.75) is 20.8 Å². The van der Waals surface area contributed by atoms with Gasteiger partial charge in [-0.05, 0) is 38.0 Å². The number of hydrogen-bond donors (Lipinski definition) is 0. The Hall–Kier alpha value is -1.01. The summed E-state index contributed by atoms with van der Waals surface area (Å²) in [4.78, 5) is 0. The van der Waals surface area contributed by atoms with E-state index in [0.29, 0.717) is 0 Å². The third kappa shape index (κ3) is 3.04. The molecule has 0 aromatic heterocycles. The summed E-state index contributed by atoms with van der Waals surface area (Å²) in [6.45, 7) is 6.00. The molecule has 0 heterocycles. The van der Waals surface area contributed by atoms with Crippen LogP contribution in [0.5, 0.6) is 0 Å². The number of hydrogen-bond acceptors (Lipinski definition) is 0. The molecule has 1 heteroatoms. The highest BCUT2D eigenvalue weighted by molar-refractivity contribution is 6.31. The first-order valence-corrected chi connectivity index (χ1v) is 5.08. The zero-order valence-electron chi connectivity index (χ0n) is 8.84. The molecule has 1 aromatic rings. The maximum atomic E-state index is 5.86. The van der Waals surface area contributed by atoms with Crippen LogP contribution in [0.2, 0.25) is 0 Å². The van der Waals surface area contributed by atoms with Gasteiger partial charge in [-0.2, -0.15) is 0 Å². The summed E-state index contributed by atoms with van der Waals surface area (Å²) in [5.41, 5.74) is 3.65. The molecule has 1 aromatic carbocycles. The fraction of sp³-hybridized carbons (Fsp3) is 0.231. The molecule has 0 saturated carbocycles. The van der Waals surface area contributed by atoms with E-state index in [0.717, 1.165) is 5.03 Å². The summed E-state index contributed by atoms with van der Waals surface area (Å²) in [5.74, 6) is 0. The van der Waals surface area contributed by atoms with Gasteiger partial charge < -0.3 is 0 Å². The third-order valence-electron chi connectivity index (χ3n) is 1.94. The molecular formula is C13H15Cl. The Labute approximate surface area is 90.9 Å². The summed E-state index contributed by atoms with van der Waals surface area (Å²) >= 11 is 5.86. The van der Waals surface area contributed by atoms with Crippen LogP contribution in [0.25, 0.3) is 12.2 Å². The molecule has 1 rings (SSSR count). The summed E-state index contributed by atoms with van der Waals surface area (Å²) in [6.07, 6.45) is 6.12. The van der Waals surface area contributed by atoms with E-state index in [1.807, 2.05) is 26.0 Å². The molecule has 0 radical (unpaired) electrons. The van der Waals surface area contributed by atoms with Crippen LogP contribution in [-0.2, 0) is 0 Å². The van der Waals surface area contributed by atoms with Crippen molar-refractivity contribution in [2.24, 2.45) is 0 Å². The van der Waals surface area contributed by atoms with Crippen molar-refractivity contribution >= 4 is 23.8 Å². The lowest BCUT2D eigenvalue weighted by molar-refractivity contribution is 1.44. The fourth-order valence-corrected chi connectivity index (χ4v) is 1.48. The zero-order valence-corrected chi connectivity index (χ0v) is 9.60. The van der Waals surface area contributed by atoms with Gasteiger partial charge in [-0.25, -0.2) is 0 Å². The van der Waals surface area contributed by atoms with E-state index in [-0.39, 0.29) is 0 Å². The van der Waals surface area contributed by atoms with E-state index >= 15 is 0 Å². The van der Waals surface area contributed by atoms with Crippen molar-refractivity contribution in [1.82, 2.24) is 0 Å². The minimum absolute atomic E-state index is 0.805. The SMILES string of the molecule is C/C=C\c1cc(C)ccc1/C=C(\C)Cl. The highest BCUT2D eigenvalue weighted by Crippen LogP contribution is 2.18. The monoisotopic (exact) mass is 206 g/mol. The molecule has 0 saturated heterocycles. The average molecular weight is 207 g/mol. The minimum Gasteiger partial charge on any atom is -0.0894 e. The first-order chi connectivity index (χ1) is 6.63. The predicted octanol–water partition coefficient (Wildman–Crippen LogP) is 4.63. The van der Waals surface area contributed by atoms with Gasteiger partial charge in [0.1, 0.15) is 0 Å². The lowest BCUT2D eigenvalue weighted by Gasteiger charge is -2.03. The lowest BCUT2D eigenvalue weighted by atomic mass is 10.0. The summed E-state index contributed by atoms with van der Waals surface area (Å²) in [5, 5.41) is 0.805. The largest absolute Gasteiger partial charge is 0.0894 e. The molecule has 0 fully saturated rings. The molecule has 0 aliphatic rings. The van der Waals surface area contributed by atoms with Crippen LogP contribution in [0.3, 0.4) is 0 Å². The number of aryl methyl sites for hydroxylation is 1. The zero-order chi connectivity index (χ0) is 10.6. The van der Waals surface area contributed by atoms with Crippen LogP contribution in [0.1, 0.15) is 30.5 Å².